The summed E-state index contributed by atoms with van der Waals surface area (Å²) in [5.74, 6) is 0.715. The van der Waals surface area contributed by atoms with Gasteiger partial charge in [0.1, 0.15) is 0 Å². The van der Waals surface area contributed by atoms with Gasteiger partial charge >= 0.3 is 0 Å². The SMILES string of the molecule is CNCCc1cc(C)n(CC(C)C)c1C. The molecule has 1 heterocycles. The third-order valence-corrected chi connectivity index (χ3v) is 2.87. The third-order valence-electron chi connectivity index (χ3n) is 2.87. The van der Waals surface area contributed by atoms with Gasteiger partial charge in [-0.15, -0.1) is 0 Å². The number of likely N-dealkylation sites (N-methyl/N-ethyl adjacent to an activating group) is 1. The van der Waals surface area contributed by atoms with Gasteiger partial charge in [0.2, 0.25) is 0 Å². The number of aryl methyl sites for hydroxylation is 1. The fourth-order valence-electron chi connectivity index (χ4n) is 2.03. The molecule has 0 fully saturated rings. The van der Waals surface area contributed by atoms with Crippen molar-refractivity contribution in [2.75, 3.05) is 13.6 Å². The lowest BCUT2D eigenvalue weighted by Crippen LogP contribution is -2.11. The van der Waals surface area contributed by atoms with Crippen LogP contribution >= 0.6 is 0 Å². The van der Waals surface area contributed by atoms with Gasteiger partial charge in [0.15, 0.2) is 0 Å². The second-order valence-electron chi connectivity index (χ2n) is 4.75. The molecule has 0 spiro atoms. The van der Waals surface area contributed by atoms with Crippen molar-refractivity contribution in [2.45, 2.75) is 40.7 Å². The summed E-state index contributed by atoms with van der Waals surface area (Å²) in [6.07, 6.45) is 1.13. The number of nitrogens with zero attached hydrogens (tertiary/aromatic N) is 1. The maximum Gasteiger partial charge on any atom is 0.0247 e. The predicted molar refractivity (Wildman–Crippen MR) is 66.4 cm³/mol. The van der Waals surface area contributed by atoms with Crippen LogP contribution in [0.3, 0.4) is 0 Å². The fraction of sp³-hybridized carbons (Fsp3) is 0.692. The van der Waals surface area contributed by atoms with Gasteiger partial charge in [-0.1, -0.05) is 13.8 Å². The molecule has 0 atom stereocenters. The Morgan fingerprint density at radius 3 is 2.53 bits per heavy atom. The summed E-state index contributed by atoms with van der Waals surface area (Å²) >= 11 is 0. The van der Waals surface area contributed by atoms with Crippen molar-refractivity contribution in [3.8, 4) is 0 Å². The monoisotopic (exact) mass is 208 g/mol. The standard InChI is InChI=1S/C13H24N2/c1-10(2)9-15-11(3)8-13(12(15)4)6-7-14-5/h8,10,14H,6-7,9H2,1-5H3. The maximum atomic E-state index is 3.20. The summed E-state index contributed by atoms with van der Waals surface area (Å²) in [4.78, 5) is 0. The maximum absolute atomic E-state index is 3.20. The van der Waals surface area contributed by atoms with E-state index in [9.17, 15) is 0 Å². The average Bonchev–Trinajstić information content (AvgIpc) is 2.42. The second-order valence-corrected chi connectivity index (χ2v) is 4.75. The van der Waals surface area contributed by atoms with E-state index in [-0.39, 0.29) is 0 Å². The molecule has 2 nitrogen and oxygen atoms in total. The molecule has 0 radical (unpaired) electrons. The van der Waals surface area contributed by atoms with Crippen molar-refractivity contribution in [3.05, 3.63) is 23.0 Å². The van der Waals surface area contributed by atoms with Gasteiger partial charge in [0.05, 0.1) is 0 Å². The van der Waals surface area contributed by atoms with E-state index in [1.54, 1.807) is 0 Å². The Kier molecular flexibility index (Phi) is 4.40. The van der Waals surface area contributed by atoms with Crippen LogP contribution in [0.15, 0.2) is 6.07 Å². The highest BCUT2D eigenvalue weighted by molar-refractivity contribution is 5.27. The first kappa shape index (κ1) is 12.3. The molecule has 1 rings (SSSR count). The van der Waals surface area contributed by atoms with E-state index in [2.05, 4.69) is 43.6 Å². The molecule has 0 aromatic carbocycles. The zero-order valence-corrected chi connectivity index (χ0v) is 10.7. The van der Waals surface area contributed by atoms with Crippen molar-refractivity contribution < 1.29 is 0 Å². The van der Waals surface area contributed by atoms with Crippen molar-refractivity contribution >= 4 is 0 Å². The van der Waals surface area contributed by atoms with Gasteiger partial charge in [-0.3, -0.25) is 0 Å². The number of hydrogen-bond donors (Lipinski definition) is 1. The van der Waals surface area contributed by atoms with E-state index < -0.39 is 0 Å². The molecule has 0 saturated heterocycles. The van der Waals surface area contributed by atoms with E-state index in [4.69, 9.17) is 0 Å². The smallest absolute Gasteiger partial charge is 0.0247 e. The Morgan fingerprint density at radius 1 is 1.33 bits per heavy atom. The summed E-state index contributed by atoms with van der Waals surface area (Å²) in [7, 11) is 2.01. The number of nitrogens with one attached hydrogen (secondary N) is 1. The van der Waals surface area contributed by atoms with Gasteiger partial charge < -0.3 is 9.88 Å². The molecule has 0 aliphatic rings. The van der Waals surface area contributed by atoms with Crippen LogP contribution < -0.4 is 5.32 Å². The minimum Gasteiger partial charge on any atom is -0.349 e. The number of rotatable bonds is 5. The summed E-state index contributed by atoms with van der Waals surface area (Å²) in [5, 5.41) is 3.20. The minimum absolute atomic E-state index is 0.715. The predicted octanol–water partition coefficient (Wildman–Crippen LogP) is 2.52. The molecule has 1 aromatic rings. The Hall–Kier alpha value is -0.760. The molecule has 86 valence electrons. The molecule has 0 aliphatic heterocycles. The van der Waals surface area contributed by atoms with Crippen LogP contribution in [0, 0.1) is 19.8 Å². The Bertz CT molecular complexity index is 311. The first-order valence-electron chi connectivity index (χ1n) is 5.86. The zero-order chi connectivity index (χ0) is 11.4. The summed E-state index contributed by atoms with van der Waals surface area (Å²) in [6.45, 7) is 11.2. The van der Waals surface area contributed by atoms with Crippen LogP contribution in [-0.4, -0.2) is 18.2 Å². The summed E-state index contributed by atoms with van der Waals surface area (Å²) in [5.41, 5.74) is 4.33. The van der Waals surface area contributed by atoms with Gasteiger partial charge in [0.25, 0.3) is 0 Å². The van der Waals surface area contributed by atoms with Gasteiger partial charge in [-0.25, -0.2) is 0 Å². The van der Waals surface area contributed by atoms with Gasteiger partial charge in [-0.2, -0.15) is 0 Å². The molecular weight excluding hydrogens is 184 g/mol. The third kappa shape index (κ3) is 3.10. The average molecular weight is 208 g/mol. The molecule has 0 bridgehead atoms. The lowest BCUT2D eigenvalue weighted by molar-refractivity contribution is 0.508. The van der Waals surface area contributed by atoms with Crippen LogP contribution in [0.2, 0.25) is 0 Å². The van der Waals surface area contributed by atoms with E-state index in [1.807, 2.05) is 7.05 Å². The van der Waals surface area contributed by atoms with E-state index in [1.165, 1.54) is 17.0 Å². The fourth-order valence-corrected chi connectivity index (χ4v) is 2.03. The molecule has 0 amide bonds. The summed E-state index contributed by atoms with van der Waals surface area (Å²) < 4.78 is 2.44. The molecule has 15 heavy (non-hydrogen) atoms. The van der Waals surface area contributed by atoms with E-state index in [0.717, 1.165) is 19.5 Å². The van der Waals surface area contributed by atoms with E-state index in [0.29, 0.717) is 5.92 Å². The molecule has 0 unspecified atom stereocenters. The lowest BCUT2D eigenvalue weighted by Gasteiger charge is -2.12. The molecule has 0 saturated carbocycles. The normalized spacial score (nSPS) is 11.3. The number of aromatic nitrogens is 1. The number of hydrogen-bond acceptors (Lipinski definition) is 1. The van der Waals surface area contributed by atoms with Crippen LogP contribution in [0.4, 0.5) is 0 Å². The minimum atomic E-state index is 0.715. The highest BCUT2D eigenvalue weighted by Crippen LogP contribution is 2.17. The quantitative estimate of drug-likeness (QED) is 0.787. The molecule has 1 N–H and O–H groups in total. The van der Waals surface area contributed by atoms with E-state index >= 15 is 0 Å². The zero-order valence-electron chi connectivity index (χ0n) is 10.7. The van der Waals surface area contributed by atoms with Crippen LogP contribution in [0.25, 0.3) is 0 Å². The highest BCUT2D eigenvalue weighted by Gasteiger charge is 2.09. The Balaban J connectivity index is 2.83. The molecule has 1 aromatic heterocycles. The van der Waals surface area contributed by atoms with Crippen LogP contribution in [0.1, 0.15) is 30.8 Å². The van der Waals surface area contributed by atoms with Gasteiger partial charge in [0, 0.05) is 17.9 Å². The largest absolute Gasteiger partial charge is 0.349 e. The molecule has 0 aliphatic carbocycles. The Morgan fingerprint density at radius 2 is 2.00 bits per heavy atom. The van der Waals surface area contributed by atoms with Crippen LogP contribution in [-0.2, 0) is 13.0 Å². The lowest BCUT2D eigenvalue weighted by atomic mass is 10.2. The first-order valence-corrected chi connectivity index (χ1v) is 5.86. The molecule has 2 heteroatoms. The topological polar surface area (TPSA) is 17.0 Å². The van der Waals surface area contributed by atoms with Crippen LogP contribution in [0.5, 0.6) is 0 Å². The first-order chi connectivity index (χ1) is 7.06. The molecular formula is C13H24N2. The van der Waals surface area contributed by atoms with Crippen molar-refractivity contribution in [3.63, 3.8) is 0 Å². The van der Waals surface area contributed by atoms with Crippen molar-refractivity contribution in [1.29, 1.82) is 0 Å². The Labute approximate surface area is 93.7 Å². The second kappa shape index (κ2) is 5.36. The van der Waals surface area contributed by atoms with Gasteiger partial charge in [-0.05, 0) is 51.4 Å². The summed E-state index contributed by atoms with van der Waals surface area (Å²) in [6, 6.07) is 2.33. The highest BCUT2D eigenvalue weighted by atomic mass is 15.0. The van der Waals surface area contributed by atoms with Crippen molar-refractivity contribution in [2.24, 2.45) is 5.92 Å². The van der Waals surface area contributed by atoms with Crippen molar-refractivity contribution in [1.82, 2.24) is 9.88 Å².